The molecule has 2 aromatic rings. The molecule has 1 unspecified atom stereocenters. The summed E-state index contributed by atoms with van der Waals surface area (Å²) < 4.78 is 38.6. The first-order chi connectivity index (χ1) is 11.9. The highest BCUT2D eigenvalue weighted by molar-refractivity contribution is 9.10. The van der Waals surface area contributed by atoms with Crippen LogP contribution in [0, 0.1) is 5.82 Å². The van der Waals surface area contributed by atoms with Gasteiger partial charge >= 0.3 is 0 Å². The number of rotatable bonds is 4. The summed E-state index contributed by atoms with van der Waals surface area (Å²) in [6, 6.07) is 12.8. The quantitative estimate of drug-likeness (QED) is 0.753. The molecular formula is C18H17BrFNO3S. The van der Waals surface area contributed by atoms with Crippen LogP contribution in [0.1, 0.15) is 22.3 Å². The van der Waals surface area contributed by atoms with Crippen LogP contribution >= 0.6 is 15.9 Å². The molecule has 1 amide bonds. The van der Waals surface area contributed by atoms with Crippen molar-refractivity contribution in [3.05, 3.63) is 69.9 Å². The number of sulfone groups is 1. The summed E-state index contributed by atoms with van der Waals surface area (Å²) in [5.74, 6) is -1.12. The third-order valence-corrected chi connectivity index (χ3v) is 6.50. The molecule has 0 saturated carbocycles. The Balaban J connectivity index is 1.94. The first-order valence-corrected chi connectivity index (χ1v) is 10.5. The van der Waals surface area contributed by atoms with Crippen molar-refractivity contribution in [2.45, 2.75) is 19.0 Å². The highest BCUT2D eigenvalue weighted by Crippen LogP contribution is 2.24. The van der Waals surface area contributed by atoms with Crippen molar-refractivity contribution in [2.75, 3.05) is 11.5 Å². The van der Waals surface area contributed by atoms with Gasteiger partial charge in [-0.25, -0.2) is 12.8 Å². The zero-order chi connectivity index (χ0) is 18.0. The van der Waals surface area contributed by atoms with E-state index >= 15 is 0 Å². The fourth-order valence-electron chi connectivity index (χ4n) is 3.01. The SMILES string of the molecule is O=C(c1ccccc1F)N(Cc1cccc(Br)c1)C1CCS(=O)(=O)C1. The predicted molar refractivity (Wildman–Crippen MR) is 97.5 cm³/mol. The van der Waals surface area contributed by atoms with E-state index < -0.39 is 27.6 Å². The molecule has 0 spiro atoms. The fourth-order valence-corrected chi connectivity index (χ4v) is 5.19. The molecular weight excluding hydrogens is 409 g/mol. The molecule has 0 radical (unpaired) electrons. The van der Waals surface area contributed by atoms with Crippen LogP contribution in [0.2, 0.25) is 0 Å². The van der Waals surface area contributed by atoms with Crippen molar-refractivity contribution in [2.24, 2.45) is 0 Å². The number of carbonyl (C=O) groups excluding carboxylic acids is 1. The van der Waals surface area contributed by atoms with Gasteiger partial charge in [0.1, 0.15) is 5.82 Å². The smallest absolute Gasteiger partial charge is 0.257 e. The number of carbonyl (C=O) groups is 1. The minimum Gasteiger partial charge on any atom is -0.330 e. The third-order valence-electron chi connectivity index (χ3n) is 4.26. The Kier molecular flexibility index (Phi) is 5.24. The molecule has 132 valence electrons. The van der Waals surface area contributed by atoms with Gasteiger partial charge in [-0.2, -0.15) is 0 Å². The highest BCUT2D eigenvalue weighted by atomic mass is 79.9. The van der Waals surface area contributed by atoms with Crippen LogP contribution in [0.4, 0.5) is 4.39 Å². The van der Waals surface area contributed by atoms with E-state index in [2.05, 4.69) is 15.9 Å². The van der Waals surface area contributed by atoms with Gasteiger partial charge in [0.05, 0.1) is 17.1 Å². The lowest BCUT2D eigenvalue weighted by Gasteiger charge is -2.28. The second-order valence-electron chi connectivity index (χ2n) is 6.10. The average Bonchev–Trinajstić information content (AvgIpc) is 2.92. The van der Waals surface area contributed by atoms with Crippen LogP contribution < -0.4 is 0 Å². The van der Waals surface area contributed by atoms with Crippen molar-refractivity contribution < 1.29 is 17.6 Å². The van der Waals surface area contributed by atoms with E-state index in [0.717, 1.165) is 10.0 Å². The molecule has 7 heteroatoms. The van der Waals surface area contributed by atoms with E-state index in [0.29, 0.717) is 6.42 Å². The van der Waals surface area contributed by atoms with Crippen LogP contribution in [0.3, 0.4) is 0 Å². The molecule has 4 nitrogen and oxygen atoms in total. The van der Waals surface area contributed by atoms with Gasteiger partial charge in [-0.05, 0) is 36.2 Å². The number of hydrogen-bond acceptors (Lipinski definition) is 3. The Morgan fingerprint density at radius 1 is 1.20 bits per heavy atom. The zero-order valence-corrected chi connectivity index (χ0v) is 15.8. The van der Waals surface area contributed by atoms with E-state index in [9.17, 15) is 17.6 Å². The average molecular weight is 426 g/mol. The maximum Gasteiger partial charge on any atom is 0.257 e. The normalized spacial score (nSPS) is 18.9. The standard InChI is InChI=1S/C18H17BrFNO3S/c19-14-5-3-4-13(10-14)11-21(15-8-9-25(23,24)12-15)18(22)16-6-1-2-7-17(16)20/h1-7,10,15H,8-9,11-12H2. The molecule has 0 aromatic heterocycles. The largest absolute Gasteiger partial charge is 0.330 e. The van der Waals surface area contributed by atoms with Crippen molar-refractivity contribution in [1.29, 1.82) is 0 Å². The number of hydrogen-bond donors (Lipinski definition) is 0. The van der Waals surface area contributed by atoms with Gasteiger partial charge in [-0.15, -0.1) is 0 Å². The maximum atomic E-state index is 14.1. The Bertz CT molecular complexity index is 901. The van der Waals surface area contributed by atoms with Gasteiger partial charge in [-0.1, -0.05) is 40.2 Å². The van der Waals surface area contributed by atoms with Gasteiger partial charge in [0.15, 0.2) is 9.84 Å². The fraction of sp³-hybridized carbons (Fsp3) is 0.278. The summed E-state index contributed by atoms with van der Waals surface area (Å²) in [6.07, 6.45) is 0.372. The lowest BCUT2D eigenvalue weighted by molar-refractivity contribution is 0.0676. The second kappa shape index (κ2) is 7.25. The van der Waals surface area contributed by atoms with E-state index in [4.69, 9.17) is 0 Å². The van der Waals surface area contributed by atoms with Gasteiger partial charge in [0.2, 0.25) is 0 Å². The molecule has 1 fully saturated rings. The number of nitrogens with zero attached hydrogens (tertiary/aromatic N) is 1. The monoisotopic (exact) mass is 425 g/mol. The van der Waals surface area contributed by atoms with Crippen LogP contribution in [-0.4, -0.2) is 36.8 Å². The molecule has 0 N–H and O–H groups in total. The molecule has 1 saturated heterocycles. The minimum absolute atomic E-state index is 0.0400. The number of halogens is 2. The molecule has 2 aromatic carbocycles. The van der Waals surface area contributed by atoms with E-state index in [-0.39, 0.29) is 23.6 Å². The van der Waals surface area contributed by atoms with Crippen LogP contribution in [0.25, 0.3) is 0 Å². The van der Waals surface area contributed by atoms with Gasteiger partial charge in [-0.3, -0.25) is 4.79 Å². The molecule has 25 heavy (non-hydrogen) atoms. The summed E-state index contributed by atoms with van der Waals surface area (Å²) in [5, 5.41) is 0. The van der Waals surface area contributed by atoms with Crippen LogP contribution in [-0.2, 0) is 16.4 Å². The Labute approximate surface area is 154 Å². The first kappa shape index (κ1) is 18.1. The third kappa shape index (κ3) is 4.27. The lowest BCUT2D eigenvalue weighted by atomic mass is 10.1. The predicted octanol–water partition coefficient (Wildman–Crippen LogP) is 3.42. The number of benzene rings is 2. The van der Waals surface area contributed by atoms with Gasteiger partial charge < -0.3 is 4.90 Å². The van der Waals surface area contributed by atoms with E-state index in [1.54, 1.807) is 6.07 Å². The molecule has 0 aliphatic carbocycles. The molecule has 1 heterocycles. The number of amides is 1. The van der Waals surface area contributed by atoms with Crippen LogP contribution in [0.15, 0.2) is 53.0 Å². The van der Waals surface area contributed by atoms with Gasteiger partial charge in [0.25, 0.3) is 5.91 Å². The Hall–Kier alpha value is -1.73. The van der Waals surface area contributed by atoms with Crippen molar-refractivity contribution >= 4 is 31.7 Å². The topological polar surface area (TPSA) is 54.5 Å². The van der Waals surface area contributed by atoms with Gasteiger partial charge in [0, 0.05) is 17.1 Å². The zero-order valence-electron chi connectivity index (χ0n) is 13.4. The van der Waals surface area contributed by atoms with Crippen molar-refractivity contribution in [1.82, 2.24) is 4.90 Å². The Morgan fingerprint density at radius 3 is 2.60 bits per heavy atom. The molecule has 1 aliphatic rings. The minimum atomic E-state index is -3.16. The lowest BCUT2D eigenvalue weighted by Crippen LogP contribution is -2.41. The van der Waals surface area contributed by atoms with E-state index in [1.807, 2.05) is 24.3 Å². The summed E-state index contributed by atoms with van der Waals surface area (Å²) in [6.45, 7) is 0.229. The van der Waals surface area contributed by atoms with Crippen molar-refractivity contribution in [3.63, 3.8) is 0 Å². The summed E-state index contributed by atoms with van der Waals surface area (Å²) in [4.78, 5) is 14.4. The van der Waals surface area contributed by atoms with Crippen LogP contribution in [0.5, 0.6) is 0 Å². The molecule has 3 rings (SSSR count). The highest BCUT2D eigenvalue weighted by Gasteiger charge is 2.35. The Morgan fingerprint density at radius 2 is 1.96 bits per heavy atom. The molecule has 0 bridgehead atoms. The molecule has 1 atom stereocenters. The summed E-state index contributed by atoms with van der Waals surface area (Å²) in [7, 11) is -3.16. The van der Waals surface area contributed by atoms with Crippen molar-refractivity contribution in [3.8, 4) is 0 Å². The maximum absolute atomic E-state index is 14.1. The summed E-state index contributed by atoms with van der Waals surface area (Å²) in [5.41, 5.74) is 0.810. The molecule has 1 aliphatic heterocycles. The second-order valence-corrected chi connectivity index (χ2v) is 9.24. The first-order valence-electron chi connectivity index (χ1n) is 7.86. The summed E-state index contributed by atoms with van der Waals surface area (Å²) >= 11 is 3.39. The van der Waals surface area contributed by atoms with E-state index in [1.165, 1.54) is 23.1 Å².